The standard InChI is InChI=1S/C29H36O4Si/c1-22(28-26(20-27(30)32-28)31-21-23-14-8-5-9-15-23)33-34(29(2,3)4,24-16-10-6-11-17-24)25-18-12-7-13-19-25/h5-19,22,26-28,30H,20-21H2,1-4H3/t22-,26+,27-,28-/m1/s1. The molecular formula is C29H36O4Si. The summed E-state index contributed by atoms with van der Waals surface area (Å²) in [5.41, 5.74) is 1.10. The molecule has 34 heavy (non-hydrogen) atoms. The van der Waals surface area contributed by atoms with E-state index in [0.717, 1.165) is 5.56 Å². The number of aliphatic hydroxyl groups is 1. The molecule has 1 saturated heterocycles. The highest BCUT2D eigenvalue weighted by Gasteiger charge is 2.53. The largest absolute Gasteiger partial charge is 0.402 e. The summed E-state index contributed by atoms with van der Waals surface area (Å²) in [6.45, 7) is 9.32. The summed E-state index contributed by atoms with van der Waals surface area (Å²) in [5, 5.41) is 12.7. The van der Waals surface area contributed by atoms with E-state index in [9.17, 15) is 5.11 Å². The molecule has 1 aliphatic rings. The number of aliphatic hydroxyl groups excluding tert-OH is 1. The molecule has 0 spiro atoms. The van der Waals surface area contributed by atoms with Gasteiger partial charge in [-0.25, -0.2) is 0 Å². The van der Waals surface area contributed by atoms with Gasteiger partial charge in [-0.15, -0.1) is 0 Å². The van der Waals surface area contributed by atoms with E-state index in [1.165, 1.54) is 10.4 Å². The Morgan fingerprint density at radius 3 is 1.88 bits per heavy atom. The highest BCUT2D eigenvalue weighted by molar-refractivity contribution is 6.99. The SMILES string of the molecule is C[C@@H](O[Si](c1ccccc1)(c1ccccc1)C(C)(C)C)[C@H]1O[C@@H](O)C[C@@H]1OCc1ccccc1. The van der Waals surface area contributed by atoms with Crippen molar-refractivity contribution in [3.8, 4) is 0 Å². The summed E-state index contributed by atoms with van der Waals surface area (Å²) in [4.78, 5) is 0. The van der Waals surface area contributed by atoms with Gasteiger partial charge in [-0.3, -0.25) is 0 Å². The van der Waals surface area contributed by atoms with E-state index in [0.29, 0.717) is 13.0 Å². The van der Waals surface area contributed by atoms with Gasteiger partial charge < -0.3 is 19.0 Å². The second-order valence-electron chi connectivity index (χ2n) is 10.1. The fourth-order valence-electron chi connectivity index (χ4n) is 5.05. The van der Waals surface area contributed by atoms with Crippen molar-refractivity contribution in [3.05, 3.63) is 96.6 Å². The van der Waals surface area contributed by atoms with Gasteiger partial charge in [-0.1, -0.05) is 112 Å². The van der Waals surface area contributed by atoms with Gasteiger partial charge in [0.1, 0.15) is 6.10 Å². The van der Waals surface area contributed by atoms with Crippen molar-refractivity contribution in [1.29, 1.82) is 0 Å². The van der Waals surface area contributed by atoms with Crippen LogP contribution < -0.4 is 10.4 Å². The zero-order valence-electron chi connectivity index (χ0n) is 20.6. The van der Waals surface area contributed by atoms with Gasteiger partial charge >= 0.3 is 0 Å². The van der Waals surface area contributed by atoms with Crippen molar-refractivity contribution >= 4 is 18.7 Å². The molecule has 0 radical (unpaired) electrons. The maximum atomic E-state index is 10.4. The smallest absolute Gasteiger partial charge is 0.261 e. The van der Waals surface area contributed by atoms with Crippen LogP contribution >= 0.6 is 0 Å². The maximum absolute atomic E-state index is 10.4. The maximum Gasteiger partial charge on any atom is 0.261 e. The van der Waals surface area contributed by atoms with Gasteiger partial charge in [0.25, 0.3) is 8.32 Å². The topological polar surface area (TPSA) is 47.9 Å². The number of hydrogen-bond donors (Lipinski definition) is 1. The van der Waals surface area contributed by atoms with Crippen LogP contribution in [-0.2, 0) is 20.5 Å². The predicted molar refractivity (Wildman–Crippen MR) is 139 cm³/mol. The summed E-state index contributed by atoms with van der Waals surface area (Å²) in [6, 6.07) is 31.3. The van der Waals surface area contributed by atoms with Crippen LogP contribution in [0.3, 0.4) is 0 Å². The molecule has 5 heteroatoms. The third kappa shape index (κ3) is 5.19. The zero-order chi connectivity index (χ0) is 24.2. The summed E-state index contributed by atoms with van der Waals surface area (Å²) in [5.74, 6) is 0. The summed E-state index contributed by atoms with van der Waals surface area (Å²) >= 11 is 0. The second kappa shape index (κ2) is 10.5. The van der Waals surface area contributed by atoms with Gasteiger partial charge in [-0.05, 0) is 27.9 Å². The number of hydrogen-bond acceptors (Lipinski definition) is 4. The first kappa shape index (κ1) is 24.8. The van der Waals surface area contributed by atoms with Crippen molar-refractivity contribution in [2.45, 2.75) is 70.4 Å². The highest BCUT2D eigenvalue weighted by Crippen LogP contribution is 2.39. The minimum absolute atomic E-state index is 0.137. The molecule has 4 rings (SSSR count). The first-order valence-corrected chi connectivity index (χ1v) is 14.0. The van der Waals surface area contributed by atoms with Gasteiger partial charge in [-0.2, -0.15) is 0 Å². The number of rotatable bonds is 8. The van der Waals surface area contributed by atoms with Crippen molar-refractivity contribution in [2.75, 3.05) is 0 Å². The number of ether oxygens (including phenoxy) is 2. The molecular weight excluding hydrogens is 440 g/mol. The van der Waals surface area contributed by atoms with Gasteiger partial charge in [0.05, 0.1) is 18.8 Å². The van der Waals surface area contributed by atoms with Crippen molar-refractivity contribution in [3.63, 3.8) is 0 Å². The zero-order valence-corrected chi connectivity index (χ0v) is 21.6. The first-order valence-electron chi connectivity index (χ1n) is 12.1. The molecule has 1 fully saturated rings. The van der Waals surface area contributed by atoms with Crippen LogP contribution in [0.25, 0.3) is 0 Å². The van der Waals surface area contributed by atoms with Crippen LogP contribution in [0.1, 0.15) is 39.7 Å². The Morgan fingerprint density at radius 1 is 0.882 bits per heavy atom. The Balaban J connectivity index is 1.65. The fourth-order valence-corrected chi connectivity index (χ4v) is 9.75. The first-order chi connectivity index (χ1) is 16.3. The Kier molecular flexibility index (Phi) is 7.70. The second-order valence-corrected chi connectivity index (χ2v) is 14.4. The molecule has 0 aliphatic carbocycles. The molecule has 3 aromatic rings. The molecule has 0 bridgehead atoms. The summed E-state index contributed by atoms with van der Waals surface area (Å²) in [7, 11) is -2.74. The molecule has 180 valence electrons. The van der Waals surface area contributed by atoms with Crippen LogP contribution in [0.5, 0.6) is 0 Å². The monoisotopic (exact) mass is 476 g/mol. The van der Waals surface area contributed by atoms with E-state index in [2.05, 4.69) is 76.2 Å². The normalized spacial score (nSPS) is 22.0. The van der Waals surface area contributed by atoms with E-state index in [1.807, 2.05) is 42.5 Å². The lowest BCUT2D eigenvalue weighted by Gasteiger charge is -2.45. The van der Waals surface area contributed by atoms with E-state index >= 15 is 0 Å². The third-order valence-electron chi connectivity index (χ3n) is 6.66. The molecule has 0 unspecified atom stereocenters. The van der Waals surface area contributed by atoms with Crippen molar-refractivity contribution < 1.29 is 19.0 Å². The molecule has 0 aromatic heterocycles. The Bertz CT molecular complexity index is 981. The van der Waals surface area contributed by atoms with Crippen molar-refractivity contribution in [1.82, 2.24) is 0 Å². The van der Waals surface area contributed by atoms with Gasteiger partial charge in [0.15, 0.2) is 6.29 Å². The fraction of sp³-hybridized carbons (Fsp3) is 0.379. The summed E-state index contributed by atoms with van der Waals surface area (Å²) in [6.07, 6.45) is -1.30. The van der Waals surface area contributed by atoms with E-state index < -0.39 is 14.6 Å². The molecule has 4 atom stereocenters. The van der Waals surface area contributed by atoms with E-state index in [1.54, 1.807) is 0 Å². The van der Waals surface area contributed by atoms with E-state index in [-0.39, 0.29) is 23.4 Å². The molecule has 1 aliphatic heterocycles. The summed E-state index contributed by atoms with van der Waals surface area (Å²) < 4.78 is 19.4. The Morgan fingerprint density at radius 2 is 1.38 bits per heavy atom. The Hall–Kier alpha value is -2.28. The quantitative estimate of drug-likeness (QED) is 0.481. The molecule has 4 nitrogen and oxygen atoms in total. The number of benzene rings is 3. The minimum Gasteiger partial charge on any atom is -0.402 e. The van der Waals surface area contributed by atoms with Crippen LogP contribution in [-0.4, -0.2) is 38.0 Å². The minimum atomic E-state index is -2.74. The van der Waals surface area contributed by atoms with Crippen LogP contribution in [0.4, 0.5) is 0 Å². The average molecular weight is 477 g/mol. The third-order valence-corrected chi connectivity index (χ3v) is 11.8. The predicted octanol–water partition coefficient (Wildman–Crippen LogP) is 4.64. The Labute approximate surface area is 204 Å². The lowest BCUT2D eigenvalue weighted by molar-refractivity contribution is -0.128. The van der Waals surface area contributed by atoms with E-state index in [4.69, 9.17) is 13.9 Å². The van der Waals surface area contributed by atoms with Crippen LogP contribution in [0.15, 0.2) is 91.0 Å². The van der Waals surface area contributed by atoms with Gasteiger partial charge in [0, 0.05) is 6.42 Å². The molecule has 0 amide bonds. The van der Waals surface area contributed by atoms with Crippen molar-refractivity contribution in [2.24, 2.45) is 0 Å². The molecule has 1 N–H and O–H groups in total. The van der Waals surface area contributed by atoms with Crippen LogP contribution in [0, 0.1) is 0 Å². The molecule has 3 aromatic carbocycles. The van der Waals surface area contributed by atoms with Gasteiger partial charge in [0.2, 0.25) is 0 Å². The van der Waals surface area contributed by atoms with Crippen LogP contribution in [0.2, 0.25) is 5.04 Å². The molecule has 1 heterocycles. The molecule has 0 saturated carbocycles. The highest BCUT2D eigenvalue weighted by atomic mass is 28.4. The lowest BCUT2D eigenvalue weighted by Crippen LogP contribution is -2.68. The average Bonchev–Trinajstić information content (AvgIpc) is 3.22. The lowest BCUT2D eigenvalue weighted by atomic mass is 10.1.